The van der Waals surface area contributed by atoms with Crippen molar-refractivity contribution in [3.8, 4) is 0 Å². The first-order valence-electron chi connectivity index (χ1n) is 3.50. The minimum Gasteiger partial charge on any atom is -0.264 e. The lowest BCUT2D eigenvalue weighted by Crippen LogP contribution is -1.97. The maximum absolute atomic E-state index is 5.01. The van der Waals surface area contributed by atoms with Gasteiger partial charge in [0.1, 0.15) is 0 Å². The SMILES string of the molecule is CC1=CN=CC(=S)CCC1. The molecule has 1 nitrogen and oxygen atoms in total. The first-order valence-corrected chi connectivity index (χ1v) is 3.91. The summed E-state index contributed by atoms with van der Waals surface area (Å²) >= 11 is 5.01. The summed E-state index contributed by atoms with van der Waals surface area (Å²) in [5, 5.41) is 0. The molecule has 0 spiro atoms. The van der Waals surface area contributed by atoms with Gasteiger partial charge in [-0.3, -0.25) is 4.99 Å². The van der Waals surface area contributed by atoms with Gasteiger partial charge in [-0.25, -0.2) is 0 Å². The first kappa shape index (κ1) is 7.61. The molecule has 1 heterocycles. The molecule has 1 aliphatic heterocycles. The van der Waals surface area contributed by atoms with Crippen LogP contribution in [0.4, 0.5) is 0 Å². The molecule has 0 fully saturated rings. The highest BCUT2D eigenvalue weighted by Crippen LogP contribution is 2.09. The average Bonchev–Trinajstić information content (AvgIpc) is 1.84. The van der Waals surface area contributed by atoms with Crippen LogP contribution in [0.25, 0.3) is 0 Å². The lowest BCUT2D eigenvalue weighted by molar-refractivity contribution is 0.857. The minimum atomic E-state index is 0.976. The quantitative estimate of drug-likeness (QED) is 0.487. The molecular formula is C8H11NS. The Hall–Kier alpha value is -0.500. The molecule has 0 aliphatic carbocycles. The number of allylic oxidation sites excluding steroid dienone is 1. The van der Waals surface area contributed by atoms with Crippen LogP contribution in [0.15, 0.2) is 16.8 Å². The summed E-state index contributed by atoms with van der Waals surface area (Å²) in [6.45, 7) is 2.10. The van der Waals surface area contributed by atoms with E-state index in [-0.39, 0.29) is 0 Å². The van der Waals surface area contributed by atoms with E-state index in [1.165, 1.54) is 12.0 Å². The lowest BCUT2D eigenvalue weighted by Gasteiger charge is -2.02. The van der Waals surface area contributed by atoms with Crippen molar-refractivity contribution in [2.75, 3.05) is 0 Å². The summed E-state index contributed by atoms with van der Waals surface area (Å²) in [5.41, 5.74) is 1.35. The Kier molecular flexibility index (Phi) is 2.75. The van der Waals surface area contributed by atoms with Gasteiger partial charge < -0.3 is 0 Å². The van der Waals surface area contributed by atoms with Crippen LogP contribution in [0.1, 0.15) is 26.2 Å². The predicted octanol–water partition coefficient (Wildman–Crippen LogP) is 2.51. The number of thiocarbonyl (C=S) groups is 1. The van der Waals surface area contributed by atoms with Gasteiger partial charge in [-0.1, -0.05) is 17.8 Å². The monoisotopic (exact) mass is 153 g/mol. The van der Waals surface area contributed by atoms with Crippen molar-refractivity contribution in [3.05, 3.63) is 11.8 Å². The third-order valence-electron chi connectivity index (χ3n) is 1.51. The van der Waals surface area contributed by atoms with Gasteiger partial charge >= 0.3 is 0 Å². The maximum Gasteiger partial charge on any atom is 0.0407 e. The zero-order valence-corrected chi connectivity index (χ0v) is 6.95. The Bertz CT molecular complexity index is 191. The molecule has 1 aliphatic rings. The molecule has 10 heavy (non-hydrogen) atoms. The topological polar surface area (TPSA) is 12.4 Å². The van der Waals surface area contributed by atoms with Crippen LogP contribution in [0.5, 0.6) is 0 Å². The summed E-state index contributed by atoms with van der Waals surface area (Å²) < 4.78 is 0. The van der Waals surface area contributed by atoms with Crippen LogP contribution in [0, 0.1) is 0 Å². The lowest BCUT2D eigenvalue weighted by atomic mass is 10.1. The Morgan fingerprint density at radius 2 is 2.30 bits per heavy atom. The highest BCUT2D eigenvalue weighted by atomic mass is 32.1. The van der Waals surface area contributed by atoms with E-state index >= 15 is 0 Å². The van der Waals surface area contributed by atoms with Crippen LogP contribution >= 0.6 is 12.2 Å². The Balaban J connectivity index is 2.64. The summed E-state index contributed by atoms with van der Waals surface area (Å²) in [7, 11) is 0. The fourth-order valence-electron chi connectivity index (χ4n) is 0.918. The Labute approximate surface area is 66.9 Å². The van der Waals surface area contributed by atoms with E-state index in [1.54, 1.807) is 6.21 Å². The molecule has 0 amide bonds. The molecule has 0 bridgehead atoms. The number of hydrogen-bond acceptors (Lipinski definition) is 2. The second kappa shape index (κ2) is 3.62. The molecule has 0 saturated carbocycles. The van der Waals surface area contributed by atoms with Crippen LogP contribution in [-0.2, 0) is 0 Å². The summed E-state index contributed by atoms with van der Waals surface area (Å²) in [6, 6.07) is 0. The van der Waals surface area contributed by atoms with E-state index in [0.29, 0.717) is 0 Å². The zero-order valence-electron chi connectivity index (χ0n) is 6.13. The standard InChI is InChI=1S/C8H11NS/c1-7-3-2-4-8(10)6-9-5-7/h5-6H,2-4H2,1H3. The van der Waals surface area contributed by atoms with Gasteiger partial charge in [0.15, 0.2) is 0 Å². The second-order valence-corrected chi connectivity index (χ2v) is 3.10. The van der Waals surface area contributed by atoms with Gasteiger partial charge in [0.2, 0.25) is 0 Å². The van der Waals surface area contributed by atoms with Crippen molar-refractivity contribution >= 4 is 23.3 Å². The van der Waals surface area contributed by atoms with Crippen molar-refractivity contribution < 1.29 is 0 Å². The van der Waals surface area contributed by atoms with Crippen LogP contribution in [0.3, 0.4) is 0 Å². The molecule has 1 rings (SSSR count). The van der Waals surface area contributed by atoms with Crippen LogP contribution < -0.4 is 0 Å². The van der Waals surface area contributed by atoms with E-state index in [2.05, 4.69) is 11.9 Å². The Morgan fingerprint density at radius 1 is 1.50 bits per heavy atom. The van der Waals surface area contributed by atoms with Crippen molar-refractivity contribution in [1.82, 2.24) is 0 Å². The van der Waals surface area contributed by atoms with Gasteiger partial charge in [-0.15, -0.1) is 0 Å². The minimum absolute atomic E-state index is 0.976. The molecule has 2 heteroatoms. The molecule has 0 unspecified atom stereocenters. The largest absolute Gasteiger partial charge is 0.264 e. The van der Waals surface area contributed by atoms with Gasteiger partial charge in [-0.05, 0) is 26.2 Å². The van der Waals surface area contributed by atoms with Gasteiger partial charge in [0.05, 0.1) is 0 Å². The van der Waals surface area contributed by atoms with Crippen molar-refractivity contribution in [3.63, 3.8) is 0 Å². The Morgan fingerprint density at radius 3 is 3.10 bits per heavy atom. The van der Waals surface area contributed by atoms with Gasteiger partial charge in [-0.2, -0.15) is 0 Å². The molecule has 0 N–H and O–H groups in total. The molecule has 54 valence electrons. The third kappa shape index (κ3) is 2.40. The highest BCUT2D eigenvalue weighted by Gasteiger charge is 1.96. The third-order valence-corrected chi connectivity index (χ3v) is 1.82. The van der Waals surface area contributed by atoms with E-state index in [1.807, 2.05) is 6.20 Å². The maximum atomic E-state index is 5.01. The van der Waals surface area contributed by atoms with E-state index in [4.69, 9.17) is 12.2 Å². The molecule has 0 aromatic carbocycles. The fraction of sp³-hybridized carbons (Fsp3) is 0.500. The van der Waals surface area contributed by atoms with Gasteiger partial charge in [0, 0.05) is 17.3 Å². The zero-order chi connectivity index (χ0) is 7.40. The summed E-state index contributed by atoms with van der Waals surface area (Å²) in [4.78, 5) is 5.04. The summed E-state index contributed by atoms with van der Waals surface area (Å²) in [5.74, 6) is 0. The van der Waals surface area contributed by atoms with Crippen molar-refractivity contribution in [2.45, 2.75) is 26.2 Å². The molecule has 0 atom stereocenters. The molecule has 0 aromatic heterocycles. The van der Waals surface area contributed by atoms with Crippen LogP contribution in [-0.4, -0.2) is 11.1 Å². The predicted molar refractivity (Wildman–Crippen MR) is 48.7 cm³/mol. The molecule has 0 saturated heterocycles. The van der Waals surface area contributed by atoms with E-state index in [0.717, 1.165) is 17.7 Å². The van der Waals surface area contributed by atoms with E-state index < -0.39 is 0 Å². The summed E-state index contributed by atoms with van der Waals surface area (Å²) in [6.07, 6.45) is 7.00. The van der Waals surface area contributed by atoms with Crippen LogP contribution in [0.2, 0.25) is 0 Å². The fourth-order valence-corrected chi connectivity index (χ4v) is 1.12. The van der Waals surface area contributed by atoms with Gasteiger partial charge in [0.25, 0.3) is 0 Å². The number of rotatable bonds is 0. The normalized spacial score (nSPS) is 19.7. The second-order valence-electron chi connectivity index (χ2n) is 2.57. The number of hydrogen-bond donors (Lipinski definition) is 0. The molecular weight excluding hydrogens is 142 g/mol. The van der Waals surface area contributed by atoms with Crippen molar-refractivity contribution in [1.29, 1.82) is 0 Å². The average molecular weight is 153 g/mol. The molecule has 0 aromatic rings. The number of nitrogens with zero attached hydrogens (tertiary/aromatic N) is 1. The van der Waals surface area contributed by atoms with Crippen molar-refractivity contribution in [2.24, 2.45) is 4.99 Å². The molecule has 0 radical (unpaired) electrons. The smallest absolute Gasteiger partial charge is 0.0407 e. The highest BCUT2D eigenvalue weighted by molar-refractivity contribution is 7.81. The first-order chi connectivity index (χ1) is 4.79. The van der Waals surface area contributed by atoms with E-state index in [9.17, 15) is 0 Å². The number of aliphatic imine (C=N–C) groups is 1.